The van der Waals surface area contributed by atoms with Crippen LogP contribution in [0.5, 0.6) is 0 Å². The first kappa shape index (κ1) is 20.3. The minimum Gasteiger partial charge on any atom is -0.393 e. The Kier molecular flexibility index (Phi) is 6.13. The first-order chi connectivity index (χ1) is 12.6. The second kappa shape index (κ2) is 8.14. The van der Waals surface area contributed by atoms with E-state index in [0.717, 1.165) is 12.1 Å². The average molecular weight is 384 g/mol. The summed E-state index contributed by atoms with van der Waals surface area (Å²) in [6, 6.07) is 5.65. The van der Waals surface area contributed by atoms with E-state index in [1.807, 2.05) is 0 Å². The predicted molar refractivity (Wildman–Crippen MR) is 87.2 cm³/mol. The molecule has 0 aliphatic carbocycles. The molecule has 27 heavy (non-hydrogen) atoms. The van der Waals surface area contributed by atoms with Crippen molar-refractivity contribution in [3.8, 4) is 0 Å². The molecule has 0 saturated heterocycles. The van der Waals surface area contributed by atoms with E-state index in [-0.39, 0.29) is 22.6 Å². The predicted octanol–water partition coefficient (Wildman–Crippen LogP) is 2.19. The Morgan fingerprint density at radius 2 is 2.00 bits per heavy atom. The molecular formula is C17H15F3N2O5. The van der Waals surface area contributed by atoms with Crippen molar-refractivity contribution in [1.29, 1.82) is 0 Å². The van der Waals surface area contributed by atoms with Gasteiger partial charge in [-0.15, -0.1) is 0 Å². The molecule has 1 atom stereocenters. The summed E-state index contributed by atoms with van der Waals surface area (Å²) in [5, 5.41) is 20.6. The maximum absolute atomic E-state index is 12.7. The number of aryl methyl sites for hydroxylation is 1. The zero-order valence-electron chi connectivity index (χ0n) is 13.9. The number of hydrogen-bond acceptors (Lipinski definition) is 7. The molecule has 0 saturated carbocycles. The second-order valence-corrected chi connectivity index (χ2v) is 5.46. The molecule has 2 aromatic rings. The number of pyridine rings is 1. The third kappa shape index (κ3) is 5.02. The van der Waals surface area contributed by atoms with E-state index in [2.05, 4.69) is 15.0 Å². The van der Waals surface area contributed by atoms with Crippen molar-refractivity contribution < 1.29 is 37.7 Å². The van der Waals surface area contributed by atoms with Crippen molar-refractivity contribution in [3.05, 3.63) is 53.2 Å². The van der Waals surface area contributed by atoms with Gasteiger partial charge in [0.25, 0.3) is 0 Å². The SMILES string of the molecule is Cc1cc(C(F)(F)F)ccc1Nc1ncccc1C(=O)OC(=O)C(O)CO. The summed E-state index contributed by atoms with van der Waals surface area (Å²) in [6.07, 6.45) is -5.04. The molecule has 7 nitrogen and oxygen atoms in total. The molecule has 0 aliphatic rings. The smallest absolute Gasteiger partial charge is 0.393 e. The number of aliphatic hydroxyl groups is 2. The Bertz CT molecular complexity index is 855. The van der Waals surface area contributed by atoms with Gasteiger partial charge >= 0.3 is 18.1 Å². The van der Waals surface area contributed by atoms with E-state index < -0.39 is 36.4 Å². The minimum atomic E-state index is -4.49. The lowest BCUT2D eigenvalue weighted by molar-refractivity contribution is -0.149. The molecule has 0 bridgehead atoms. The Morgan fingerprint density at radius 3 is 2.59 bits per heavy atom. The van der Waals surface area contributed by atoms with Gasteiger partial charge in [-0.2, -0.15) is 13.2 Å². The van der Waals surface area contributed by atoms with Crippen LogP contribution in [0.2, 0.25) is 0 Å². The number of alkyl halides is 3. The number of aliphatic hydroxyl groups excluding tert-OH is 2. The molecule has 1 unspecified atom stereocenters. The van der Waals surface area contributed by atoms with Gasteiger partial charge in [-0.1, -0.05) is 0 Å². The topological polar surface area (TPSA) is 109 Å². The van der Waals surface area contributed by atoms with Crippen LogP contribution in [0.3, 0.4) is 0 Å². The van der Waals surface area contributed by atoms with Crippen molar-refractivity contribution >= 4 is 23.4 Å². The number of carbonyl (C=O) groups is 2. The standard InChI is InChI=1S/C17H15F3N2O5/c1-9-7-10(17(18,19)20)4-5-12(9)22-14-11(3-2-6-21-14)15(25)27-16(26)13(24)8-23/h2-7,13,23-24H,8H2,1H3,(H,21,22). The van der Waals surface area contributed by atoms with Crippen LogP contribution >= 0.6 is 0 Å². The van der Waals surface area contributed by atoms with Gasteiger partial charge in [0.1, 0.15) is 11.4 Å². The van der Waals surface area contributed by atoms with Crippen LogP contribution in [0, 0.1) is 6.92 Å². The highest BCUT2D eigenvalue weighted by Gasteiger charge is 2.30. The molecule has 0 amide bonds. The third-order valence-electron chi connectivity index (χ3n) is 3.47. The maximum Gasteiger partial charge on any atom is 0.416 e. The summed E-state index contributed by atoms with van der Waals surface area (Å²) >= 11 is 0. The van der Waals surface area contributed by atoms with Gasteiger partial charge in [0.15, 0.2) is 6.10 Å². The first-order valence-corrected chi connectivity index (χ1v) is 7.58. The molecule has 1 aromatic heterocycles. The number of nitrogens with one attached hydrogen (secondary N) is 1. The summed E-state index contributed by atoms with van der Waals surface area (Å²) in [4.78, 5) is 27.4. The van der Waals surface area contributed by atoms with E-state index in [0.29, 0.717) is 0 Å². The summed E-state index contributed by atoms with van der Waals surface area (Å²) in [6.45, 7) is 0.522. The lowest BCUT2D eigenvalue weighted by Gasteiger charge is -2.14. The zero-order valence-corrected chi connectivity index (χ0v) is 13.9. The number of aromatic nitrogens is 1. The first-order valence-electron chi connectivity index (χ1n) is 7.58. The number of halogens is 3. The van der Waals surface area contributed by atoms with E-state index in [9.17, 15) is 22.8 Å². The number of carbonyl (C=O) groups excluding carboxylic acids is 2. The second-order valence-electron chi connectivity index (χ2n) is 5.46. The molecule has 3 N–H and O–H groups in total. The lowest BCUT2D eigenvalue weighted by atomic mass is 10.1. The van der Waals surface area contributed by atoms with Crippen molar-refractivity contribution in [2.75, 3.05) is 11.9 Å². The molecule has 10 heteroatoms. The third-order valence-corrected chi connectivity index (χ3v) is 3.47. The number of rotatable bonds is 5. The molecule has 0 fully saturated rings. The van der Waals surface area contributed by atoms with Crippen molar-refractivity contribution in [2.24, 2.45) is 0 Å². The Hall–Kier alpha value is -2.98. The van der Waals surface area contributed by atoms with Gasteiger partial charge in [0, 0.05) is 11.9 Å². The van der Waals surface area contributed by atoms with Crippen LogP contribution in [0.4, 0.5) is 24.7 Å². The highest BCUT2D eigenvalue weighted by atomic mass is 19.4. The van der Waals surface area contributed by atoms with Gasteiger partial charge < -0.3 is 20.3 Å². The molecule has 0 aliphatic heterocycles. The van der Waals surface area contributed by atoms with E-state index in [1.165, 1.54) is 31.3 Å². The van der Waals surface area contributed by atoms with Crippen molar-refractivity contribution in [3.63, 3.8) is 0 Å². The molecule has 1 aromatic carbocycles. The van der Waals surface area contributed by atoms with Crippen molar-refractivity contribution in [2.45, 2.75) is 19.2 Å². The van der Waals surface area contributed by atoms with Crippen LogP contribution in [0.25, 0.3) is 0 Å². The average Bonchev–Trinajstić information content (AvgIpc) is 2.62. The van der Waals surface area contributed by atoms with Crippen LogP contribution in [0.15, 0.2) is 36.5 Å². The highest BCUT2D eigenvalue weighted by Crippen LogP contribution is 2.32. The van der Waals surface area contributed by atoms with Crippen LogP contribution in [-0.2, 0) is 15.7 Å². The van der Waals surface area contributed by atoms with E-state index in [1.54, 1.807) is 0 Å². The van der Waals surface area contributed by atoms with Gasteiger partial charge in [-0.25, -0.2) is 14.6 Å². The Morgan fingerprint density at radius 1 is 1.30 bits per heavy atom. The molecule has 144 valence electrons. The zero-order chi connectivity index (χ0) is 20.2. The number of benzene rings is 1. The Labute approximate surface area is 151 Å². The van der Waals surface area contributed by atoms with Gasteiger partial charge in [0.05, 0.1) is 12.2 Å². The number of nitrogens with zero attached hydrogens (tertiary/aromatic N) is 1. The van der Waals surface area contributed by atoms with E-state index >= 15 is 0 Å². The number of hydrogen-bond donors (Lipinski definition) is 3. The van der Waals surface area contributed by atoms with Crippen LogP contribution < -0.4 is 5.32 Å². The number of ether oxygens (including phenoxy) is 1. The van der Waals surface area contributed by atoms with Gasteiger partial charge in [0.2, 0.25) is 0 Å². The molecule has 0 spiro atoms. The number of esters is 2. The maximum atomic E-state index is 12.7. The lowest BCUT2D eigenvalue weighted by Crippen LogP contribution is -2.29. The quantitative estimate of drug-likeness (QED) is 0.536. The summed E-state index contributed by atoms with van der Waals surface area (Å²) in [7, 11) is 0. The summed E-state index contributed by atoms with van der Waals surface area (Å²) in [5.74, 6) is -2.55. The summed E-state index contributed by atoms with van der Waals surface area (Å²) in [5.41, 5.74) is -0.496. The van der Waals surface area contributed by atoms with E-state index in [4.69, 9.17) is 10.2 Å². The fraction of sp³-hybridized carbons (Fsp3) is 0.235. The molecule has 2 rings (SSSR count). The highest BCUT2D eigenvalue weighted by molar-refractivity contribution is 6.01. The fourth-order valence-corrected chi connectivity index (χ4v) is 2.07. The van der Waals surface area contributed by atoms with Crippen LogP contribution in [0.1, 0.15) is 21.5 Å². The number of anilines is 2. The molecule has 1 heterocycles. The Balaban J connectivity index is 2.26. The van der Waals surface area contributed by atoms with Gasteiger partial charge in [-0.05, 0) is 42.8 Å². The molecular weight excluding hydrogens is 369 g/mol. The fourth-order valence-electron chi connectivity index (χ4n) is 2.07. The van der Waals surface area contributed by atoms with Gasteiger partial charge in [-0.3, -0.25) is 0 Å². The largest absolute Gasteiger partial charge is 0.416 e. The van der Waals surface area contributed by atoms with Crippen molar-refractivity contribution in [1.82, 2.24) is 4.98 Å². The van der Waals surface area contributed by atoms with Crippen LogP contribution in [-0.4, -0.2) is 39.8 Å². The molecule has 0 radical (unpaired) electrons. The normalized spacial score (nSPS) is 12.4. The monoisotopic (exact) mass is 384 g/mol. The minimum absolute atomic E-state index is 0.0587. The summed E-state index contributed by atoms with van der Waals surface area (Å²) < 4.78 is 42.7.